The molecular weight excluding hydrogens is 985 g/mol. The van der Waals surface area contributed by atoms with Gasteiger partial charge in [-0.25, -0.2) is 4.98 Å². The number of para-hydroxylation sites is 1. The second-order valence-corrected chi connectivity index (χ2v) is 26.2. The lowest BCUT2D eigenvalue weighted by atomic mass is 9.76. The Balaban J connectivity index is 1.12. The van der Waals surface area contributed by atoms with E-state index in [1.807, 2.05) is 6.20 Å². The van der Waals surface area contributed by atoms with Gasteiger partial charge in [-0.05, 0) is 127 Å². The monoisotopic (exact) mass is 1060 g/mol. The number of hydrogen-bond donors (Lipinski definition) is 0. The summed E-state index contributed by atoms with van der Waals surface area (Å²) in [5.41, 5.74) is 18.4. The van der Waals surface area contributed by atoms with Crippen LogP contribution in [0.15, 0.2) is 212 Å². The molecule has 410 valence electrons. The number of ether oxygens (including phenoxy) is 1. The Morgan fingerprint density at radius 2 is 1.05 bits per heavy atom. The van der Waals surface area contributed by atoms with Crippen molar-refractivity contribution in [2.24, 2.45) is 5.41 Å². The predicted octanol–water partition coefficient (Wildman–Crippen LogP) is 20.7. The molecule has 8 aromatic carbocycles. The van der Waals surface area contributed by atoms with Crippen LogP contribution in [0, 0.1) is 5.41 Å². The molecule has 1 aliphatic heterocycles. The van der Waals surface area contributed by atoms with Gasteiger partial charge in [0.2, 0.25) is 0 Å². The van der Waals surface area contributed by atoms with Gasteiger partial charge in [-0.3, -0.25) is 4.57 Å². The van der Waals surface area contributed by atoms with Gasteiger partial charge in [0.25, 0.3) is 0 Å². The smallest absolute Gasteiger partial charge is 0.137 e. The maximum atomic E-state index is 7.56. The minimum absolute atomic E-state index is 0.0683. The van der Waals surface area contributed by atoms with Crippen LogP contribution in [0.1, 0.15) is 148 Å². The van der Waals surface area contributed by atoms with Gasteiger partial charge >= 0.3 is 0 Å². The zero-order valence-electron chi connectivity index (χ0n) is 50.2. The summed E-state index contributed by atoms with van der Waals surface area (Å²) in [7, 11) is 0. The highest BCUT2D eigenvalue weighted by atomic mass is 16.5. The molecule has 0 saturated carbocycles. The summed E-state index contributed by atoms with van der Waals surface area (Å²) < 4.78 is 9.91. The van der Waals surface area contributed by atoms with Crippen molar-refractivity contribution in [2.45, 2.75) is 125 Å². The zero-order chi connectivity index (χ0) is 57.2. The summed E-state index contributed by atoms with van der Waals surface area (Å²) in [6.07, 6.45) is 4.35. The Bertz CT molecular complexity index is 3930. The third-order valence-corrected chi connectivity index (χ3v) is 17.1. The van der Waals surface area contributed by atoms with E-state index in [0.29, 0.717) is 18.5 Å². The summed E-state index contributed by atoms with van der Waals surface area (Å²) in [6, 6.07) is 71.5. The molecule has 0 N–H and O–H groups in total. The maximum absolute atomic E-state index is 7.56. The van der Waals surface area contributed by atoms with E-state index >= 15 is 0 Å². The van der Waals surface area contributed by atoms with Gasteiger partial charge in [0, 0.05) is 68.6 Å². The van der Waals surface area contributed by atoms with Crippen LogP contribution in [0.2, 0.25) is 0 Å². The van der Waals surface area contributed by atoms with Crippen molar-refractivity contribution in [1.29, 1.82) is 0 Å². The highest BCUT2D eigenvalue weighted by Gasteiger charge is 2.35. The maximum Gasteiger partial charge on any atom is 0.137 e. The quantitative estimate of drug-likeness (QED) is 0.115. The van der Waals surface area contributed by atoms with Gasteiger partial charge in [-0.1, -0.05) is 230 Å². The lowest BCUT2D eigenvalue weighted by Crippen LogP contribution is -2.31. The van der Waals surface area contributed by atoms with Crippen molar-refractivity contribution in [3.63, 3.8) is 0 Å². The second-order valence-electron chi connectivity index (χ2n) is 26.2. The molecule has 0 spiro atoms. The van der Waals surface area contributed by atoms with Crippen molar-refractivity contribution in [1.82, 2.24) is 9.55 Å². The predicted molar refractivity (Wildman–Crippen MR) is 344 cm³/mol. The average Bonchev–Trinajstić information content (AvgIpc) is 4.31. The van der Waals surface area contributed by atoms with Crippen molar-refractivity contribution >= 4 is 33.2 Å². The lowest BCUT2D eigenvalue weighted by Gasteiger charge is -2.33. The van der Waals surface area contributed by atoms with Gasteiger partial charge < -0.3 is 14.5 Å². The first-order chi connectivity index (χ1) is 38.6. The Hall–Kier alpha value is -8.15. The number of fused-ring (bicyclic) bond motifs is 3. The molecule has 0 unspecified atom stereocenters. The third kappa shape index (κ3) is 10.5. The van der Waals surface area contributed by atoms with Crippen molar-refractivity contribution in [2.75, 3.05) is 16.5 Å². The van der Waals surface area contributed by atoms with E-state index in [2.05, 4.69) is 312 Å². The van der Waals surface area contributed by atoms with Crippen LogP contribution < -0.4 is 14.5 Å². The molecule has 0 fully saturated rings. The molecule has 0 aliphatic carbocycles. The molecule has 2 aromatic heterocycles. The summed E-state index contributed by atoms with van der Waals surface area (Å²) >= 11 is 0. The zero-order valence-corrected chi connectivity index (χ0v) is 50.2. The van der Waals surface area contributed by atoms with Crippen LogP contribution >= 0.6 is 0 Å². The Morgan fingerprint density at radius 1 is 0.457 bits per heavy atom. The van der Waals surface area contributed by atoms with Crippen LogP contribution in [0.25, 0.3) is 49.9 Å². The molecular formula is C76H80N4O. The fraction of sp³-hybridized carbons (Fsp3) is 0.276. The number of allylic oxidation sites excluding steroid dienone is 1. The van der Waals surface area contributed by atoms with E-state index in [9.17, 15) is 0 Å². The van der Waals surface area contributed by atoms with Crippen LogP contribution in [0.3, 0.4) is 0 Å². The minimum Gasteiger partial charge on any atom is -0.457 e. The first-order valence-electron chi connectivity index (χ1n) is 29.2. The largest absolute Gasteiger partial charge is 0.457 e. The van der Waals surface area contributed by atoms with E-state index in [1.165, 1.54) is 77.8 Å². The van der Waals surface area contributed by atoms with Gasteiger partial charge in [-0.2, -0.15) is 0 Å². The molecule has 81 heavy (non-hydrogen) atoms. The summed E-state index contributed by atoms with van der Waals surface area (Å²) in [5, 5.41) is 2.38. The van der Waals surface area contributed by atoms with Crippen LogP contribution in [-0.2, 0) is 16.2 Å². The fourth-order valence-electron chi connectivity index (χ4n) is 12.3. The molecule has 0 atom stereocenters. The van der Waals surface area contributed by atoms with Crippen molar-refractivity contribution < 1.29 is 4.74 Å². The first-order valence-corrected chi connectivity index (χ1v) is 29.2. The molecule has 0 radical (unpaired) electrons. The normalized spacial score (nSPS) is 13.5. The molecule has 5 heteroatoms. The van der Waals surface area contributed by atoms with Crippen LogP contribution in [0.4, 0.5) is 11.4 Å². The number of aromatic nitrogens is 2. The number of rotatable bonds is 13. The van der Waals surface area contributed by atoms with Crippen molar-refractivity contribution in [3.8, 4) is 39.6 Å². The fourth-order valence-corrected chi connectivity index (χ4v) is 12.3. The molecule has 5 nitrogen and oxygen atoms in total. The van der Waals surface area contributed by atoms with Gasteiger partial charge in [-0.15, -0.1) is 0 Å². The molecule has 0 saturated heterocycles. The summed E-state index contributed by atoms with van der Waals surface area (Å²) in [5.74, 6) is 3.02. The van der Waals surface area contributed by atoms with Gasteiger partial charge in [0.1, 0.15) is 17.3 Å². The number of hydrogen-bond acceptors (Lipinski definition) is 4. The van der Waals surface area contributed by atoms with E-state index in [1.54, 1.807) is 0 Å². The van der Waals surface area contributed by atoms with Crippen LogP contribution in [-0.4, -0.2) is 16.2 Å². The Labute approximate surface area is 482 Å². The summed E-state index contributed by atoms with van der Waals surface area (Å²) in [6.45, 7) is 33.1. The average molecular weight is 1070 g/mol. The number of benzene rings is 8. The van der Waals surface area contributed by atoms with E-state index in [0.717, 1.165) is 39.6 Å². The van der Waals surface area contributed by atoms with E-state index < -0.39 is 5.41 Å². The molecule has 0 bridgehead atoms. The second kappa shape index (κ2) is 21.1. The molecule has 1 aliphatic rings. The molecule has 11 rings (SSSR count). The Kier molecular flexibility index (Phi) is 14.2. The van der Waals surface area contributed by atoms with Gasteiger partial charge in [0.05, 0.1) is 17.7 Å². The van der Waals surface area contributed by atoms with E-state index in [-0.39, 0.29) is 16.2 Å². The summed E-state index contributed by atoms with van der Waals surface area (Å²) in [4.78, 5) is 10.1. The van der Waals surface area contributed by atoms with Crippen molar-refractivity contribution in [3.05, 3.63) is 251 Å². The highest BCUT2D eigenvalue weighted by Crippen LogP contribution is 2.48. The van der Waals surface area contributed by atoms with Gasteiger partial charge in [0.15, 0.2) is 0 Å². The molecule has 3 heterocycles. The number of pyridine rings is 1. The van der Waals surface area contributed by atoms with Crippen LogP contribution in [0.5, 0.6) is 11.5 Å². The SMILES string of the molecule is CC(C)c1cccc(C(C)C)c1-c1cc(Oc2cc(C(C)(C)c3ccccc3)c3c4ccccc4n(-c4cc(C(C)(C)C)ccn4)c3c2)cc(N2C=C(C(C)(C)C)N(c3cc(-c4ccccc4)cc(C(C)(C)c4ccccc4)c3)C2)c1. The Morgan fingerprint density at radius 3 is 1.68 bits per heavy atom. The highest BCUT2D eigenvalue weighted by molar-refractivity contribution is 6.12. The number of anilines is 2. The number of nitrogens with zero attached hydrogens (tertiary/aromatic N) is 4. The topological polar surface area (TPSA) is 33.5 Å². The minimum atomic E-state index is -0.412. The van der Waals surface area contributed by atoms with E-state index in [4.69, 9.17) is 9.72 Å². The molecule has 10 aromatic rings. The third-order valence-electron chi connectivity index (χ3n) is 17.1. The lowest BCUT2D eigenvalue weighted by molar-refractivity contribution is 0.481. The standard InChI is InChI=1S/C76H80N4O/c1-50(2)63-34-26-35-64(51(3)4)71(63)54-41-59(78-48-69(74(8,9)10)79(49-78)60-40-53(52-27-18-15-19-28-52)39-58(43-60)75(11,12)55-29-20-16-21-30-55)45-61(42-54)81-62-46-66(76(13,14)56-31-22-17-23-32-56)72-65-33-24-25-36-67(65)80(68(72)47-62)70-44-57(37-38-77-70)73(5,6)7/h15-48,50-51H,49H2,1-14H3. The first kappa shape index (κ1) is 54.8. The molecule has 0 amide bonds.